The smallest absolute Gasteiger partial charge is 0.466 e. The van der Waals surface area contributed by atoms with E-state index < -0.39 is 15.6 Å². The van der Waals surface area contributed by atoms with E-state index in [1.807, 2.05) is 13.8 Å². The largest absolute Gasteiger partial charge is 0.483 e. The van der Waals surface area contributed by atoms with Gasteiger partial charge >= 0.3 is 15.6 Å². The SMILES string of the molecule is CC.O=CO.O=P(O)(O)O.O=P(O)(O)O. The normalized spacial score (nSPS) is 9.07. The van der Waals surface area contributed by atoms with E-state index in [1.54, 1.807) is 0 Å². The molecule has 10 nitrogen and oxygen atoms in total. The lowest BCUT2D eigenvalue weighted by molar-refractivity contribution is -0.122. The van der Waals surface area contributed by atoms with E-state index in [0.29, 0.717) is 0 Å². The van der Waals surface area contributed by atoms with Gasteiger partial charge < -0.3 is 34.5 Å². The summed E-state index contributed by atoms with van der Waals surface area (Å²) in [5.74, 6) is 0. The fraction of sp³-hybridized carbons (Fsp3) is 0.667. The first-order valence-corrected chi connectivity index (χ1v) is 6.19. The molecule has 12 heteroatoms. The molecule has 0 atom stereocenters. The van der Waals surface area contributed by atoms with E-state index in [4.69, 9.17) is 48.4 Å². The van der Waals surface area contributed by atoms with Crippen molar-refractivity contribution < 1.29 is 48.4 Å². The van der Waals surface area contributed by atoms with E-state index in [2.05, 4.69) is 0 Å². The Bertz CT molecular complexity index is 164. The number of carboxylic acid groups (broad SMARTS) is 1. The molecule has 15 heavy (non-hydrogen) atoms. The van der Waals surface area contributed by atoms with Crippen LogP contribution in [0.2, 0.25) is 0 Å². The Labute approximate surface area is 85.3 Å². The van der Waals surface area contributed by atoms with E-state index in [9.17, 15) is 0 Å². The van der Waals surface area contributed by atoms with Gasteiger partial charge in [-0.15, -0.1) is 0 Å². The molecule has 0 unspecified atom stereocenters. The Morgan fingerprint density at radius 2 is 0.800 bits per heavy atom. The second-order valence-electron chi connectivity index (χ2n) is 1.13. The summed E-state index contributed by atoms with van der Waals surface area (Å²) in [6, 6.07) is 0. The summed E-state index contributed by atoms with van der Waals surface area (Å²) in [6.07, 6.45) is 0. The van der Waals surface area contributed by atoms with Crippen molar-refractivity contribution in [3.8, 4) is 0 Å². The molecule has 0 spiro atoms. The zero-order valence-electron chi connectivity index (χ0n) is 7.83. The maximum absolute atomic E-state index is 8.88. The van der Waals surface area contributed by atoms with E-state index in [-0.39, 0.29) is 6.47 Å². The van der Waals surface area contributed by atoms with Crippen molar-refractivity contribution in [1.82, 2.24) is 0 Å². The molecule has 0 fully saturated rings. The molecule has 0 amide bonds. The summed E-state index contributed by atoms with van der Waals surface area (Å²) in [7, 11) is -9.28. The van der Waals surface area contributed by atoms with Crippen LogP contribution < -0.4 is 0 Å². The highest BCUT2D eigenvalue weighted by atomic mass is 31.2. The summed E-state index contributed by atoms with van der Waals surface area (Å²) < 4.78 is 17.8. The van der Waals surface area contributed by atoms with Crippen molar-refractivity contribution in [1.29, 1.82) is 0 Å². The summed E-state index contributed by atoms with van der Waals surface area (Å²) >= 11 is 0. The maximum Gasteiger partial charge on any atom is 0.466 e. The third-order valence-corrected chi connectivity index (χ3v) is 0. The van der Waals surface area contributed by atoms with Gasteiger partial charge in [0, 0.05) is 0 Å². The van der Waals surface area contributed by atoms with Gasteiger partial charge in [-0.25, -0.2) is 9.13 Å². The molecule has 0 bridgehead atoms. The first-order chi connectivity index (χ1) is 6.41. The van der Waals surface area contributed by atoms with Crippen molar-refractivity contribution in [3.05, 3.63) is 0 Å². The molecule has 0 aliphatic carbocycles. The Kier molecular flexibility index (Phi) is 22.0. The van der Waals surface area contributed by atoms with Gasteiger partial charge in [-0.2, -0.15) is 0 Å². The minimum atomic E-state index is -4.64. The van der Waals surface area contributed by atoms with Gasteiger partial charge in [0.25, 0.3) is 6.47 Å². The van der Waals surface area contributed by atoms with E-state index in [0.717, 1.165) is 0 Å². The molecule has 0 aliphatic heterocycles. The van der Waals surface area contributed by atoms with Crippen molar-refractivity contribution in [3.63, 3.8) is 0 Å². The van der Waals surface area contributed by atoms with Crippen LogP contribution in [-0.2, 0) is 13.9 Å². The molecule has 96 valence electrons. The zero-order valence-corrected chi connectivity index (χ0v) is 9.62. The Morgan fingerprint density at radius 3 is 0.800 bits per heavy atom. The van der Waals surface area contributed by atoms with Crippen LogP contribution in [0.1, 0.15) is 13.8 Å². The monoisotopic (exact) mass is 272 g/mol. The lowest BCUT2D eigenvalue weighted by Crippen LogP contribution is -1.66. The molecule has 0 rings (SSSR count). The van der Waals surface area contributed by atoms with Gasteiger partial charge in [-0.1, -0.05) is 13.8 Å². The maximum atomic E-state index is 8.88. The topological polar surface area (TPSA) is 193 Å². The average molecular weight is 272 g/mol. The van der Waals surface area contributed by atoms with Crippen LogP contribution in [0, 0.1) is 0 Å². The minimum Gasteiger partial charge on any atom is -0.483 e. The van der Waals surface area contributed by atoms with Crippen LogP contribution in [0.4, 0.5) is 0 Å². The lowest BCUT2D eigenvalue weighted by atomic mass is 11.0. The molecule has 0 saturated carbocycles. The molecule has 0 aromatic rings. The standard InChI is InChI=1S/C2H6.CH2O2.2H3O4P/c1-2;2-1-3;2*1-5(2,3)4/h1-2H3;1H,(H,2,3);2*(H3,1,2,3,4). The summed E-state index contributed by atoms with van der Waals surface area (Å²) in [5.41, 5.74) is 0. The molecule has 7 N–H and O–H groups in total. The molecule has 0 aromatic carbocycles. The summed E-state index contributed by atoms with van der Waals surface area (Å²) in [5, 5.41) is 6.89. The molecule has 0 aromatic heterocycles. The van der Waals surface area contributed by atoms with Crippen LogP contribution in [0.25, 0.3) is 0 Å². The van der Waals surface area contributed by atoms with E-state index in [1.165, 1.54) is 0 Å². The Morgan fingerprint density at radius 1 is 0.800 bits per heavy atom. The van der Waals surface area contributed by atoms with Crippen LogP contribution in [0.15, 0.2) is 0 Å². The highest BCUT2D eigenvalue weighted by Gasteiger charge is 2.00. The second-order valence-corrected chi connectivity index (χ2v) is 3.19. The van der Waals surface area contributed by atoms with Gasteiger partial charge in [0.05, 0.1) is 0 Å². The van der Waals surface area contributed by atoms with Gasteiger partial charge in [0.1, 0.15) is 0 Å². The van der Waals surface area contributed by atoms with Crippen molar-refractivity contribution >= 4 is 22.1 Å². The number of hydrogen-bond acceptors (Lipinski definition) is 3. The minimum absolute atomic E-state index is 0.250. The van der Waals surface area contributed by atoms with Crippen LogP contribution in [0.3, 0.4) is 0 Å². The van der Waals surface area contributed by atoms with Gasteiger partial charge in [0.15, 0.2) is 0 Å². The number of hydrogen-bond donors (Lipinski definition) is 7. The number of carbonyl (C=O) groups is 1. The fourth-order valence-electron chi connectivity index (χ4n) is 0. The second kappa shape index (κ2) is 13.7. The van der Waals surface area contributed by atoms with Gasteiger partial charge in [0.2, 0.25) is 0 Å². The molecule has 0 saturated heterocycles. The first kappa shape index (κ1) is 24.1. The predicted octanol–water partition coefficient (Wildman–Crippen LogP) is -1.13. The zero-order chi connectivity index (χ0) is 13.7. The molecular weight excluding hydrogens is 258 g/mol. The van der Waals surface area contributed by atoms with Crippen molar-refractivity contribution in [2.75, 3.05) is 0 Å². The predicted molar refractivity (Wildman–Crippen MR) is 48.6 cm³/mol. The number of rotatable bonds is 0. The van der Waals surface area contributed by atoms with Crippen LogP contribution >= 0.6 is 15.6 Å². The Hall–Kier alpha value is -0.310. The fourth-order valence-corrected chi connectivity index (χ4v) is 0. The average Bonchev–Trinajstić information content (AvgIpc) is 1.84. The lowest BCUT2D eigenvalue weighted by Gasteiger charge is -1.82. The van der Waals surface area contributed by atoms with E-state index >= 15 is 0 Å². The molecule has 0 aliphatic rings. The molecular formula is C3H14O10P2. The van der Waals surface area contributed by atoms with Gasteiger partial charge in [-0.3, -0.25) is 4.79 Å². The van der Waals surface area contributed by atoms with Crippen LogP contribution in [0.5, 0.6) is 0 Å². The quantitative estimate of drug-likeness (QED) is 0.209. The van der Waals surface area contributed by atoms with Crippen LogP contribution in [-0.4, -0.2) is 40.9 Å². The van der Waals surface area contributed by atoms with Crippen molar-refractivity contribution in [2.24, 2.45) is 0 Å². The summed E-state index contributed by atoms with van der Waals surface area (Å²) in [6.45, 7) is 3.75. The number of phosphoric acid groups is 2. The first-order valence-electron chi connectivity index (χ1n) is 3.06. The Balaban J connectivity index is -0.0000000574. The third kappa shape index (κ3) is 19500. The van der Waals surface area contributed by atoms with Gasteiger partial charge in [-0.05, 0) is 0 Å². The van der Waals surface area contributed by atoms with Crippen molar-refractivity contribution in [2.45, 2.75) is 13.8 Å². The highest BCUT2D eigenvalue weighted by molar-refractivity contribution is 7.45. The molecule has 0 heterocycles. The molecule has 0 radical (unpaired) electrons. The summed E-state index contributed by atoms with van der Waals surface area (Å²) in [4.78, 5) is 51.5. The third-order valence-electron chi connectivity index (χ3n) is 0. The highest BCUT2D eigenvalue weighted by Crippen LogP contribution is 2.26.